The van der Waals surface area contributed by atoms with Gasteiger partial charge in [-0.3, -0.25) is 9.59 Å². The third kappa shape index (κ3) is 3.11. The number of furan rings is 1. The second-order valence-corrected chi connectivity index (χ2v) is 8.54. The fourth-order valence-electron chi connectivity index (χ4n) is 5.21. The summed E-state index contributed by atoms with van der Waals surface area (Å²) in [7, 11) is 1.62. The van der Waals surface area contributed by atoms with Crippen molar-refractivity contribution in [3.05, 3.63) is 89.5 Å². The maximum Gasteiger partial charge on any atom is 0.246 e. The summed E-state index contributed by atoms with van der Waals surface area (Å²) in [6, 6.07) is 18.4. The van der Waals surface area contributed by atoms with Crippen LogP contribution in [0.4, 0.5) is 0 Å². The summed E-state index contributed by atoms with van der Waals surface area (Å²) in [4.78, 5) is 34.1. The van der Waals surface area contributed by atoms with Gasteiger partial charge >= 0.3 is 0 Å². The Bertz CT molecular complexity index is 1360. The Morgan fingerprint density at radius 1 is 1.09 bits per heavy atom. The highest BCUT2D eigenvalue weighted by molar-refractivity contribution is 5.97. The zero-order valence-corrected chi connectivity index (χ0v) is 18.2. The minimum atomic E-state index is -0.580. The smallest absolute Gasteiger partial charge is 0.246 e. The predicted molar refractivity (Wildman–Crippen MR) is 122 cm³/mol. The average Bonchev–Trinajstić information content (AvgIpc) is 3.48. The maximum absolute atomic E-state index is 13.7. The van der Waals surface area contributed by atoms with Crippen molar-refractivity contribution < 1.29 is 18.7 Å². The van der Waals surface area contributed by atoms with Crippen molar-refractivity contribution in [1.29, 1.82) is 0 Å². The highest BCUT2D eigenvalue weighted by atomic mass is 16.5. The number of hydrogen-bond acceptors (Lipinski definition) is 4. The van der Waals surface area contributed by atoms with Gasteiger partial charge in [0.15, 0.2) is 0 Å². The Morgan fingerprint density at radius 2 is 1.97 bits per heavy atom. The van der Waals surface area contributed by atoms with E-state index in [-0.39, 0.29) is 24.9 Å². The summed E-state index contributed by atoms with van der Waals surface area (Å²) in [6.45, 7) is 0.304. The number of carbonyl (C=O) groups excluding carboxylic acids is 2. The van der Waals surface area contributed by atoms with Crippen LogP contribution in [-0.4, -0.2) is 46.3 Å². The lowest BCUT2D eigenvalue weighted by molar-refractivity contribution is -0.159. The molecule has 6 rings (SSSR count). The number of amides is 2. The van der Waals surface area contributed by atoms with Crippen molar-refractivity contribution in [3.8, 4) is 5.75 Å². The number of aromatic nitrogens is 1. The second-order valence-electron chi connectivity index (χ2n) is 8.54. The highest BCUT2D eigenvalue weighted by Crippen LogP contribution is 2.43. The standard InChI is InChI=1S/C26H23N3O4/c1-32-17-7-4-6-16(12-17)25-24-20(19-9-2-3-10-21(19)27-24)13-22-26(31)28(15-23(30)29(22)25)14-18-8-5-11-33-18/h2-12,22,25,27H,13-15H2,1H3/t22-,25?/m1/s1. The lowest BCUT2D eigenvalue weighted by Gasteiger charge is -2.47. The van der Waals surface area contributed by atoms with Crippen LogP contribution in [0.5, 0.6) is 5.75 Å². The monoisotopic (exact) mass is 441 g/mol. The van der Waals surface area contributed by atoms with Gasteiger partial charge in [-0.05, 0) is 41.5 Å². The Labute approximate surface area is 190 Å². The van der Waals surface area contributed by atoms with Crippen LogP contribution in [0.1, 0.15) is 28.6 Å². The van der Waals surface area contributed by atoms with Crippen molar-refractivity contribution in [2.24, 2.45) is 0 Å². The van der Waals surface area contributed by atoms with E-state index in [0.29, 0.717) is 17.9 Å². The van der Waals surface area contributed by atoms with E-state index in [1.807, 2.05) is 48.5 Å². The quantitative estimate of drug-likeness (QED) is 0.524. The molecule has 0 radical (unpaired) electrons. The molecule has 2 aliphatic heterocycles. The van der Waals surface area contributed by atoms with E-state index in [0.717, 1.165) is 27.7 Å². The number of fused-ring (bicyclic) bond motifs is 4. The molecule has 0 saturated carbocycles. The first kappa shape index (κ1) is 19.7. The normalized spacial score (nSPS) is 20.2. The van der Waals surface area contributed by atoms with Crippen LogP contribution in [0.25, 0.3) is 10.9 Å². The largest absolute Gasteiger partial charge is 0.497 e. The van der Waals surface area contributed by atoms with Crippen molar-refractivity contribution >= 4 is 22.7 Å². The first-order valence-corrected chi connectivity index (χ1v) is 11.0. The average molecular weight is 441 g/mol. The number of benzene rings is 2. The van der Waals surface area contributed by atoms with E-state index in [2.05, 4.69) is 11.1 Å². The molecular formula is C26H23N3O4. The fraction of sp³-hybridized carbons (Fsp3) is 0.231. The van der Waals surface area contributed by atoms with Crippen molar-refractivity contribution in [2.45, 2.75) is 25.0 Å². The Kier molecular flexibility index (Phi) is 4.50. The number of rotatable bonds is 4. The first-order valence-electron chi connectivity index (χ1n) is 11.0. The molecule has 0 bridgehead atoms. The summed E-state index contributed by atoms with van der Waals surface area (Å²) in [6.07, 6.45) is 2.05. The molecule has 4 heterocycles. The molecule has 166 valence electrons. The number of aromatic amines is 1. The molecule has 0 spiro atoms. The molecule has 7 nitrogen and oxygen atoms in total. The molecule has 2 amide bonds. The van der Waals surface area contributed by atoms with Gasteiger partial charge in [0, 0.05) is 23.0 Å². The van der Waals surface area contributed by atoms with Gasteiger partial charge in [0.25, 0.3) is 0 Å². The van der Waals surface area contributed by atoms with E-state index in [1.165, 1.54) is 0 Å². The number of methoxy groups -OCH3 is 1. The number of nitrogens with one attached hydrogen (secondary N) is 1. The minimum Gasteiger partial charge on any atom is -0.497 e. The number of hydrogen-bond donors (Lipinski definition) is 1. The van der Waals surface area contributed by atoms with Gasteiger partial charge in [-0.2, -0.15) is 0 Å². The lowest BCUT2D eigenvalue weighted by Crippen LogP contribution is -2.62. The second kappa shape index (κ2) is 7.55. The van der Waals surface area contributed by atoms with Gasteiger partial charge in [0.1, 0.15) is 24.1 Å². The molecule has 2 aromatic heterocycles. The van der Waals surface area contributed by atoms with Crippen LogP contribution in [0.15, 0.2) is 71.3 Å². The van der Waals surface area contributed by atoms with Gasteiger partial charge < -0.3 is 23.9 Å². The zero-order chi connectivity index (χ0) is 22.5. The third-order valence-electron chi connectivity index (χ3n) is 6.68. The van der Waals surface area contributed by atoms with Crippen LogP contribution in [0.2, 0.25) is 0 Å². The molecule has 2 aliphatic rings. The van der Waals surface area contributed by atoms with Crippen molar-refractivity contribution in [3.63, 3.8) is 0 Å². The van der Waals surface area contributed by atoms with E-state index >= 15 is 0 Å². The molecule has 2 atom stereocenters. The molecule has 1 saturated heterocycles. The van der Waals surface area contributed by atoms with Crippen LogP contribution in [-0.2, 0) is 22.6 Å². The van der Waals surface area contributed by atoms with Gasteiger partial charge in [0.05, 0.1) is 26.0 Å². The molecule has 33 heavy (non-hydrogen) atoms. The summed E-state index contributed by atoms with van der Waals surface area (Å²) >= 11 is 0. The van der Waals surface area contributed by atoms with Gasteiger partial charge in [-0.25, -0.2) is 0 Å². The summed E-state index contributed by atoms with van der Waals surface area (Å²) in [5.74, 6) is 1.23. The summed E-state index contributed by atoms with van der Waals surface area (Å²) in [5, 5.41) is 1.09. The summed E-state index contributed by atoms with van der Waals surface area (Å²) in [5.41, 5.74) is 3.96. The molecule has 2 aromatic carbocycles. The van der Waals surface area contributed by atoms with Crippen LogP contribution in [0.3, 0.4) is 0 Å². The van der Waals surface area contributed by atoms with E-state index < -0.39 is 12.1 Å². The molecule has 1 N–H and O–H groups in total. The number of H-pyrrole nitrogens is 1. The molecule has 0 aliphatic carbocycles. The minimum absolute atomic E-state index is 0.0199. The van der Waals surface area contributed by atoms with E-state index in [1.54, 1.807) is 29.2 Å². The van der Waals surface area contributed by atoms with Crippen molar-refractivity contribution in [1.82, 2.24) is 14.8 Å². The molecule has 4 aromatic rings. The maximum atomic E-state index is 13.7. The number of piperazine rings is 1. The number of ether oxygens (including phenoxy) is 1. The van der Waals surface area contributed by atoms with Gasteiger partial charge in [-0.1, -0.05) is 30.3 Å². The zero-order valence-electron chi connectivity index (χ0n) is 18.2. The number of para-hydroxylation sites is 1. The predicted octanol–water partition coefficient (Wildman–Crippen LogP) is 3.65. The van der Waals surface area contributed by atoms with E-state index in [9.17, 15) is 9.59 Å². The fourth-order valence-corrected chi connectivity index (χ4v) is 5.21. The van der Waals surface area contributed by atoms with E-state index in [4.69, 9.17) is 9.15 Å². The number of nitrogens with zero attached hydrogens (tertiary/aromatic N) is 2. The first-order chi connectivity index (χ1) is 16.1. The molecular weight excluding hydrogens is 418 g/mol. The Morgan fingerprint density at radius 3 is 2.79 bits per heavy atom. The van der Waals surface area contributed by atoms with Crippen LogP contribution in [0, 0.1) is 0 Å². The summed E-state index contributed by atoms with van der Waals surface area (Å²) < 4.78 is 10.9. The lowest BCUT2D eigenvalue weighted by atomic mass is 9.86. The van der Waals surface area contributed by atoms with Gasteiger partial charge in [0.2, 0.25) is 11.8 Å². The molecule has 7 heteroatoms. The Hall–Kier alpha value is -4.00. The SMILES string of the molecule is COc1cccc(C2c3[nH]c4ccccc4c3C[C@@H]3C(=O)N(Cc4ccco4)CC(=O)N23)c1. The Balaban J connectivity index is 1.49. The topological polar surface area (TPSA) is 78.8 Å². The molecule has 1 fully saturated rings. The molecule has 1 unspecified atom stereocenters. The van der Waals surface area contributed by atoms with Crippen molar-refractivity contribution in [2.75, 3.05) is 13.7 Å². The highest BCUT2D eigenvalue weighted by Gasteiger charge is 2.48. The third-order valence-corrected chi connectivity index (χ3v) is 6.68. The number of carbonyl (C=O) groups is 2. The van der Waals surface area contributed by atoms with Crippen LogP contribution < -0.4 is 4.74 Å². The van der Waals surface area contributed by atoms with Gasteiger partial charge in [-0.15, -0.1) is 0 Å². The van der Waals surface area contributed by atoms with Crippen LogP contribution >= 0.6 is 0 Å².